The number of allylic oxidation sites excluding steroid dienone is 3. The first-order chi connectivity index (χ1) is 20.4. The van der Waals surface area contributed by atoms with Gasteiger partial charge in [0.2, 0.25) is 11.8 Å². The van der Waals surface area contributed by atoms with Gasteiger partial charge in [0.25, 0.3) is 0 Å². The molecular formula is C33H44N4O6. The molecule has 0 aliphatic carbocycles. The van der Waals surface area contributed by atoms with Crippen molar-refractivity contribution in [2.24, 2.45) is 23.7 Å². The maximum Gasteiger partial charge on any atom is 0.303 e. The highest BCUT2D eigenvalue weighted by Crippen LogP contribution is 2.35. The highest BCUT2D eigenvalue weighted by molar-refractivity contribution is 5.89. The summed E-state index contributed by atoms with van der Waals surface area (Å²) in [6.07, 6.45) is 8.04. The Labute approximate surface area is 252 Å². The molecule has 2 amide bonds. The van der Waals surface area contributed by atoms with Crippen molar-refractivity contribution in [3.63, 3.8) is 0 Å². The molecule has 0 radical (unpaired) electrons. The minimum Gasteiger partial charge on any atom is -0.481 e. The SMILES string of the molecule is CCC1C(=O)NC(/C=c2/[nH]/c(=C\C3=C(CCC(=O)O)C(C)/C(=C\C4NC(=O)[C@H](C)[C@H]4CC)N3)c(CCC(=O)O)c2C)=C1C. The number of aliphatic carboxylic acids is 2. The minimum absolute atomic E-state index is 0.0248. The average molecular weight is 593 g/mol. The third-order valence-corrected chi connectivity index (χ3v) is 9.43. The molecule has 10 nitrogen and oxygen atoms in total. The fourth-order valence-corrected chi connectivity index (χ4v) is 6.68. The number of rotatable bonds is 11. The number of carbonyl (C=O) groups excluding carboxylic acids is 2. The van der Waals surface area contributed by atoms with Crippen molar-refractivity contribution in [2.45, 2.75) is 86.1 Å². The van der Waals surface area contributed by atoms with Crippen LogP contribution in [0, 0.1) is 30.6 Å². The first-order valence-corrected chi connectivity index (χ1v) is 15.2. The van der Waals surface area contributed by atoms with Gasteiger partial charge in [-0.3, -0.25) is 19.2 Å². The van der Waals surface area contributed by atoms with Crippen LogP contribution < -0.4 is 26.6 Å². The van der Waals surface area contributed by atoms with Crippen molar-refractivity contribution in [1.29, 1.82) is 0 Å². The van der Waals surface area contributed by atoms with Gasteiger partial charge < -0.3 is 31.1 Å². The Bertz CT molecular complexity index is 1540. The topological polar surface area (TPSA) is 161 Å². The number of nitrogens with one attached hydrogen (secondary N) is 4. The van der Waals surface area contributed by atoms with Crippen molar-refractivity contribution in [3.8, 4) is 0 Å². The summed E-state index contributed by atoms with van der Waals surface area (Å²) >= 11 is 0. The first kappa shape index (κ1) is 31.8. The van der Waals surface area contributed by atoms with Crippen LogP contribution in [0.5, 0.6) is 0 Å². The quantitative estimate of drug-likeness (QED) is 0.230. The molecule has 3 aliphatic rings. The predicted octanol–water partition coefficient (Wildman–Crippen LogP) is 2.73. The van der Waals surface area contributed by atoms with Crippen molar-refractivity contribution < 1.29 is 29.4 Å². The summed E-state index contributed by atoms with van der Waals surface area (Å²) < 4.78 is 0. The number of amides is 2. The molecule has 4 heterocycles. The van der Waals surface area contributed by atoms with Gasteiger partial charge in [0.1, 0.15) is 0 Å². The summed E-state index contributed by atoms with van der Waals surface area (Å²) in [5.41, 5.74) is 6.08. The zero-order valence-electron chi connectivity index (χ0n) is 25.9. The van der Waals surface area contributed by atoms with E-state index in [1.807, 2.05) is 46.8 Å². The lowest BCUT2D eigenvalue weighted by molar-refractivity contribution is -0.138. The van der Waals surface area contributed by atoms with E-state index < -0.39 is 11.9 Å². The Hall–Kier alpha value is -4.08. The van der Waals surface area contributed by atoms with Gasteiger partial charge in [-0.1, -0.05) is 34.1 Å². The van der Waals surface area contributed by atoms with Crippen LogP contribution in [0.3, 0.4) is 0 Å². The van der Waals surface area contributed by atoms with Crippen LogP contribution in [0.4, 0.5) is 0 Å². The Kier molecular flexibility index (Phi) is 9.67. The van der Waals surface area contributed by atoms with Crippen LogP contribution in [0.2, 0.25) is 0 Å². The number of hydrogen-bond donors (Lipinski definition) is 6. The molecule has 0 aromatic carbocycles. The van der Waals surface area contributed by atoms with Gasteiger partial charge in [-0.15, -0.1) is 0 Å². The molecule has 4 rings (SSSR count). The number of carbonyl (C=O) groups is 4. The Morgan fingerprint density at radius 3 is 2.12 bits per heavy atom. The Balaban J connectivity index is 1.81. The lowest BCUT2D eigenvalue weighted by Gasteiger charge is -2.18. The Morgan fingerprint density at radius 2 is 1.51 bits per heavy atom. The summed E-state index contributed by atoms with van der Waals surface area (Å²) in [5, 5.41) is 30.0. The fraction of sp³-hybridized carbons (Fsp3) is 0.515. The predicted molar refractivity (Wildman–Crippen MR) is 163 cm³/mol. The lowest BCUT2D eigenvalue weighted by Crippen LogP contribution is -2.28. The van der Waals surface area contributed by atoms with Crippen molar-refractivity contribution in [2.75, 3.05) is 0 Å². The van der Waals surface area contributed by atoms with Crippen LogP contribution in [-0.2, 0) is 25.6 Å². The van der Waals surface area contributed by atoms with Crippen molar-refractivity contribution in [1.82, 2.24) is 20.9 Å². The second kappa shape index (κ2) is 13.1. The molecule has 3 unspecified atom stereocenters. The van der Waals surface area contributed by atoms with Crippen LogP contribution >= 0.6 is 0 Å². The minimum atomic E-state index is -0.901. The Morgan fingerprint density at radius 1 is 0.860 bits per heavy atom. The number of carboxylic acids is 2. The molecule has 0 bridgehead atoms. The van der Waals surface area contributed by atoms with Gasteiger partial charge in [0, 0.05) is 52.5 Å². The number of carboxylic acid groups (broad SMARTS) is 2. The summed E-state index contributed by atoms with van der Waals surface area (Å²) in [7, 11) is 0. The third-order valence-electron chi connectivity index (χ3n) is 9.43. The molecule has 1 saturated heterocycles. The summed E-state index contributed by atoms with van der Waals surface area (Å²) in [6, 6.07) is -0.123. The molecule has 10 heteroatoms. The molecule has 0 saturated carbocycles. The largest absolute Gasteiger partial charge is 0.481 e. The molecule has 43 heavy (non-hydrogen) atoms. The zero-order valence-corrected chi connectivity index (χ0v) is 25.9. The van der Waals surface area contributed by atoms with Crippen molar-refractivity contribution in [3.05, 3.63) is 56.1 Å². The maximum absolute atomic E-state index is 12.4. The van der Waals surface area contributed by atoms with E-state index in [2.05, 4.69) is 33.9 Å². The number of H-pyrrole nitrogens is 1. The van der Waals surface area contributed by atoms with Gasteiger partial charge in [-0.05, 0) is 79.5 Å². The highest BCUT2D eigenvalue weighted by Gasteiger charge is 2.38. The maximum atomic E-state index is 12.4. The number of aromatic amines is 1. The van der Waals surface area contributed by atoms with Gasteiger partial charge >= 0.3 is 11.9 Å². The van der Waals surface area contributed by atoms with Gasteiger partial charge in [0.15, 0.2) is 0 Å². The second-order valence-electron chi connectivity index (χ2n) is 12.0. The average Bonchev–Trinajstić information content (AvgIpc) is 3.59. The molecule has 232 valence electrons. The molecule has 1 aromatic heterocycles. The van der Waals surface area contributed by atoms with E-state index in [1.54, 1.807) is 0 Å². The molecule has 1 aromatic rings. The van der Waals surface area contributed by atoms with Crippen LogP contribution in [0.1, 0.15) is 77.8 Å². The molecular weight excluding hydrogens is 548 g/mol. The number of aromatic nitrogens is 1. The van der Waals surface area contributed by atoms with E-state index in [-0.39, 0.29) is 54.4 Å². The van der Waals surface area contributed by atoms with E-state index in [0.717, 1.165) is 56.5 Å². The summed E-state index contributed by atoms with van der Waals surface area (Å²) in [4.78, 5) is 51.4. The van der Waals surface area contributed by atoms with Gasteiger partial charge in [-0.2, -0.15) is 0 Å². The van der Waals surface area contributed by atoms with Crippen LogP contribution in [-0.4, -0.2) is 45.0 Å². The van der Waals surface area contributed by atoms with Crippen LogP contribution in [0.15, 0.2) is 34.3 Å². The monoisotopic (exact) mass is 592 g/mol. The van der Waals surface area contributed by atoms with Gasteiger partial charge in [-0.25, -0.2) is 0 Å². The second-order valence-corrected chi connectivity index (χ2v) is 12.0. The zero-order chi connectivity index (χ0) is 31.6. The smallest absolute Gasteiger partial charge is 0.303 e. The van der Waals surface area contributed by atoms with E-state index in [9.17, 15) is 29.4 Å². The van der Waals surface area contributed by atoms with E-state index in [0.29, 0.717) is 19.3 Å². The summed E-state index contributed by atoms with van der Waals surface area (Å²) in [6.45, 7) is 11.9. The molecule has 1 fully saturated rings. The lowest BCUT2D eigenvalue weighted by atomic mass is 9.87. The normalized spacial score (nSPS) is 27.4. The van der Waals surface area contributed by atoms with E-state index in [4.69, 9.17) is 0 Å². The molecule has 6 N–H and O–H groups in total. The van der Waals surface area contributed by atoms with Crippen LogP contribution in [0.25, 0.3) is 12.2 Å². The molecule has 3 aliphatic heterocycles. The molecule has 5 atom stereocenters. The van der Waals surface area contributed by atoms with Crippen molar-refractivity contribution >= 4 is 35.9 Å². The fourth-order valence-electron chi connectivity index (χ4n) is 6.68. The highest BCUT2D eigenvalue weighted by atomic mass is 16.4. The third kappa shape index (κ3) is 6.63. The summed E-state index contributed by atoms with van der Waals surface area (Å²) in [5.74, 6) is -1.96. The van der Waals surface area contributed by atoms with E-state index >= 15 is 0 Å². The number of hydrogen-bond acceptors (Lipinski definition) is 5. The van der Waals surface area contributed by atoms with Gasteiger partial charge in [0.05, 0.1) is 12.0 Å². The molecule has 0 spiro atoms. The first-order valence-electron chi connectivity index (χ1n) is 15.2. The standard InChI is InChI=1S/C33H44N4O6/c1-7-20-19(6)32(42)37-27(20)14-25-18(5)23(10-12-31(40)41)29(35-25)15-28-22(9-11-30(38)39)17(4)24(34-28)13-26-16(3)21(8-2)33(43)36-26/h13-15,18-21,27,34-35H,7-12H2,1-6H3,(H,36,43)(H,37,42)(H,38,39)(H,40,41)/b24-13+,25-14+,28-15-/t18?,19-,20-,21?,27?/m1/s1. The van der Waals surface area contributed by atoms with E-state index in [1.165, 1.54) is 0 Å².